The fourth-order valence-corrected chi connectivity index (χ4v) is 7.02. The molecular weight excluding hydrogens is 822 g/mol. The van der Waals surface area contributed by atoms with Crippen LogP contribution in [0.1, 0.15) is 26.3 Å². The molecule has 3 heterocycles. The van der Waals surface area contributed by atoms with E-state index in [9.17, 15) is 5.11 Å². The van der Waals surface area contributed by atoms with E-state index in [1.807, 2.05) is 66.7 Å². The van der Waals surface area contributed by atoms with Gasteiger partial charge in [0.1, 0.15) is 22.7 Å². The fraction of sp³-hybridized carbons (Fsp3) is 0.0870. The summed E-state index contributed by atoms with van der Waals surface area (Å²) in [5.41, 5.74) is 11.6. The summed E-state index contributed by atoms with van der Waals surface area (Å²) in [5, 5.41) is 13.6. The third-order valence-corrected chi connectivity index (χ3v) is 9.64. The topological polar surface area (TPSA) is 64.1 Å². The van der Waals surface area contributed by atoms with Gasteiger partial charge in [0.15, 0.2) is 0 Å². The van der Waals surface area contributed by atoms with Crippen LogP contribution >= 0.6 is 0 Å². The van der Waals surface area contributed by atoms with Crippen molar-refractivity contribution in [2.24, 2.45) is 0 Å². The van der Waals surface area contributed by atoms with Gasteiger partial charge in [-0.2, -0.15) is 0 Å². The third-order valence-electron chi connectivity index (χ3n) is 9.64. The first-order chi connectivity index (χ1) is 24.8. The number of phenols is 1. The SMILES string of the molecule is CC(C)(C)c1ccc(-n2c(-c3cc4c(cc3O)oc3ccccc34)nc3c(-c4[c-]c(-c5ccccn5)ccc4)cccc32)c(-c2ccccc2)c1.[Pt]. The second-order valence-electron chi connectivity index (χ2n) is 13.9. The number of imidazole rings is 1. The molecule has 5 nitrogen and oxygen atoms in total. The molecule has 0 aliphatic carbocycles. The van der Waals surface area contributed by atoms with Gasteiger partial charge in [0.2, 0.25) is 0 Å². The monoisotopic (exact) mass is 855 g/mol. The van der Waals surface area contributed by atoms with Crippen molar-refractivity contribution in [2.45, 2.75) is 26.2 Å². The largest absolute Gasteiger partial charge is 0.507 e. The number of nitrogens with zero attached hydrogens (tertiary/aromatic N) is 3. The second kappa shape index (κ2) is 13.1. The quantitative estimate of drug-likeness (QED) is 0.175. The third kappa shape index (κ3) is 5.72. The van der Waals surface area contributed by atoms with Gasteiger partial charge in [-0.25, -0.2) is 4.98 Å². The number of aromatic nitrogens is 3. The van der Waals surface area contributed by atoms with E-state index in [4.69, 9.17) is 9.40 Å². The maximum atomic E-state index is 11.7. The van der Waals surface area contributed by atoms with Crippen LogP contribution in [-0.4, -0.2) is 19.6 Å². The average Bonchev–Trinajstić information content (AvgIpc) is 3.72. The van der Waals surface area contributed by atoms with Crippen LogP contribution in [0.4, 0.5) is 0 Å². The summed E-state index contributed by atoms with van der Waals surface area (Å²) in [7, 11) is 0. The number of aromatic hydroxyl groups is 1. The van der Waals surface area contributed by atoms with Crippen LogP contribution in [0.5, 0.6) is 5.75 Å². The number of hydrogen-bond donors (Lipinski definition) is 1. The molecule has 0 atom stereocenters. The Labute approximate surface area is 316 Å². The van der Waals surface area contributed by atoms with E-state index in [-0.39, 0.29) is 32.2 Å². The van der Waals surface area contributed by atoms with Crippen molar-refractivity contribution < 1.29 is 30.6 Å². The minimum absolute atomic E-state index is 0. The van der Waals surface area contributed by atoms with Crippen molar-refractivity contribution in [3.8, 4) is 56.3 Å². The Morgan fingerprint density at radius 2 is 1.42 bits per heavy atom. The second-order valence-corrected chi connectivity index (χ2v) is 13.9. The summed E-state index contributed by atoms with van der Waals surface area (Å²) in [6.45, 7) is 6.71. The van der Waals surface area contributed by atoms with Crippen molar-refractivity contribution in [1.29, 1.82) is 0 Å². The molecule has 9 aromatic rings. The smallest absolute Gasteiger partial charge is 0.148 e. The summed E-state index contributed by atoms with van der Waals surface area (Å²) in [5.74, 6) is 0.722. The van der Waals surface area contributed by atoms with Gasteiger partial charge >= 0.3 is 0 Å². The molecular formula is C46H34N3O2Pt-. The molecule has 256 valence electrons. The molecule has 0 bridgehead atoms. The van der Waals surface area contributed by atoms with Crippen LogP contribution in [0, 0.1) is 6.07 Å². The van der Waals surface area contributed by atoms with Crippen LogP contribution < -0.4 is 0 Å². The number of para-hydroxylation sites is 2. The van der Waals surface area contributed by atoms with Crippen molar-refractivity contribution >= 4 is 33.0 Å². The molecule has 9 rings (SSSR count). The number of furan rings is 1. The van der Waals surface area contributed by atoms with Crippen molar-refractivity contribution in [3.05, 3.63) is 157 Å². The van der Waals surface area contributed by atoms with E-state index < -0.39 is 0 Å². The first-order valence-electron chi connectivity index (χ1n) is 17.1. The summed E-state index contributed by atoms with van der Waals surface area (Å²) in [6.07, 6.45) is 1.80. The number of fused-ring (bicyclic) bond motifs is 4. The van der Waals surface area contributed by atoms with E-state index in [0.29, 0.717) is 17.0 Å². The zero-order valence-electron chi connectivity index (χ0n) is 28.9. The molecule has 0 radical (unpaired) electrons. The molecule has 0 unspecified atom stereocenters. The number of phenolic OH excluding ortho intramolecular Hbond substituents is 1. The number of pyridine rings is 1. The normalized spacial score (nSPS) is 11.7. The molecule has 0 saturated heterocycles. The van der Waals surface area contributed by atoms with E-state index in [2.05, 4.69) is 103 Å². The van der Waals surface area contributed by atoms with Gasteiger partial charge in [-0.15, -0.1) is 29.8 Å². The van der Waals surface area contributed by atoms with Crippen molar-refractivity contribution in [3.63, 3.8) is 0 Å². The average molecular weight is 856 g/mol. The van der Waals surface area contributed by atoms with E-state index in [1.54, 1.807) is 12.3 Å². The predicted molar refractivity (Wildman–Crippen MR) is 207 cm³/mol. The molecule has 6 aromatic carbocycles. The standard InChI is InChI=1S/C46H34N3O2.Pt/c1-46(2,3)32-22-23-39(35(26-32)29-13-5-4-6-14-29)49-40-20-12-18-33(30-15-11-16-31(25-30)38-19-9-10-24-47-38)44(40)48-45(49)37-27-36-34-17-7-8-21-42(34)51-43(36)28-41(37)50;/h4-24,26-28,50H,1-3H3;/q-1;. The van der Waals surface area contributed by atoms with Crippen molar-refractivity contribution in [2.75, 3.05) is 0 Å². The Hall–Kier alpha value is -5.77. The van der Waals surface area contributed by atoms with Crippen LogP contribution in [0.3, 0.4) is 0 Å². The maximum absolute atomic E-state index is 11.7. The predicted octanol–water partition coefficient (Wildman–Crippen LogP) is 11.8. The molecule has 0 saturated carbocycles. The van der Waals surface area contributed by atoms with Crippen LogP contribution in [-0.2, 0) is 26.5 Å². The molecule has 52 heavy (non-hydrogen) atoms. The van der Waals surface area contributed by atoms with Gasteiger partial charge < -0.3 is 9.52 Å². The van der Waals surface area contributed by atoms with Crippen LogP contribution in [0.2, 0.25) is 0 Å². The molecule has 1 N–H and O–H groups in total. The van der Waals surface area contributed by atoms with E-state index in [1.165, 1.54) is 5.56 Å². The summed E-state index contributed by atoms with van der Waals surface area (Å²) in [4.78, 5) is 9.98. The van der Waals surface area contributed by atoms with Gasteiger partial charge in [0.25, 0.3) is 0 Å². The van der Waals surface area contributed by atoms with Crippen molar-refractivity contribution in [1.82, 2.24) is 14.5 Å². The maximum Gasteiger partial charge on any atom is 0.148 e. The first-order valence-corrected chi connectivity index (χ1v) is 17.1. The Morgan fingerprint density at radius 1 is 0.654 bits per heavy atom. The zero-order valence-corrected chi connectivity index (χ0v) is 31.1. The molecule has 0 amide bonds. The van der Waals surface area contributed by atoms with Crippen LogP contribution in [0.25, 0.3) is 83.6 Å². The van der Waals surface area contributed by atoms with E-state index >= 15 is 0 Å². The summed E-state index contributed by atoms with van der Waals surface area (Å²) < 4.78 is 8.34. The molecule has 0 aliphatic heterocycles. The Balaban J connectivity index is 0.00000387. The van der Waals surface area contributed by atoms with Crippen LogP contribution in [0.15, 0.2) is 150 Å². The number of rotatable bonds is 5. The number of benzene rings is 6. The molecule has 6 heteroatoms. The van der Waals surface area contributed by atoms with Gasteiger partial charge in [-0.1, -0.05) is 111 Å². The number of hydrogen-bond acceptors (Lipinski definition) is 4. The summed E-state index contributed by atoms with van der Waals surface area (Å²) >= 11 is 0. The van der Waals surface area contributed by atoms with Gasteiger partial charge in [-0.05, 0) is 52.9 Å². The van der Waals surface area contributed by atoms with Gasteiger partial charge in [0, 0.05) is 55.4 Å². The Bertz CT molecular complexity index is 2740. The van der Waals surface area contributed by atoms with E-state index in [0.717, 1.165) is 66.6 Å². The van der Waals surface area contributed by atoms with Gasteiger partial charge in [-0.3, -0.25) is 9.55 Å². The molecule has 0 spiro atoms. The molecule has 3 aromatic heterocycles. The zero-order chi connectivity index (χ0) is 34.7. The minimum atomic E-state index is -0.0603. The Kier molecular flexibility index (Phi) is 8.40. The van der Waals surface area contributed by atoms with Gasteiger partial charge in [0.05, 0.1) is 22.3 Å². The molecule has 0 aliphatic rings. The first kappa shape index (κ1) is 33.4. The molecule has 0 fully saturated rings. The fourth-order valence-electron chi connectivity index (χ4n) is 7.02. The Morgan fingerprint density at radius 3 is 2.23 bits per heavy atom. The summed E-state index contributed by atoms with van der Waals surface area (Å²) in [6, 6.07) is 50.7. The minimum Gasteiger partial charge on any atom is -0.507 e.